The summed E-state index contributed by atoms with van der Waals surface area (Å²) in [6, 6.07) is 4.03. The van der Waals surface area contributed by atoms with Crippen molar-refractivity contribution in [2.45, 2.75) is 39.9 Å². The summed E-state index contributed by atoms with van der Waals surface area (Å²) in [5.41, 5.74) is 1.16. The van der Waals surface area contributed by atoms with Gasteiger partial charge in [-0.1, -0.05) is 6.92 Å². The Kier molecular flexibility index (Phi) is 5.12. The summed E-state index contributed by atoms with van der Waals surface area (Å²) in [6.07, 6.45) is 3.19. The van der Waals surface area contributed by atoms with E-state index in [0.717, 1.165) is 24.3 Å². The minimum atomic E-state index is 0.269. The van der Waals surface area contributed by atoms with E-state index in [1.54, 1.807) is 0 Å². The van der Waals surface area contributed by atoms with E-state index in [2.05, 4.69) is 17.2 Å². The molecule has 0 aliphatic heterocycles. The highest BCUT2D eigenvalue weighted by molar-refractivity contribution is 5.37. The van der Waals surface area contributed by atoms with Crippen molar-refractivity contribution < 1.29 is 4.74 Å². The Balaban J connectivity index is 2.50. The highest BCUT2D eigenvalue weighted by atomic mass is 16.5. The van der Waals surface area contributed by atoms with E-state index >= 15 is 0 Å². The molecule has 15 heavy (non-hydrogen) atoms. The number of anilines is 1. The molecule has 84 valence electrons. The Labute approximate surface area is 91.9 Å². The van der Waals surface area contributed by atoms with Gasteiger partial charge in [0.1, 0.15) is 5.82 Å². The van der Waals surface area contributed by atoms with Crippen molar-refractivity contribution in [3.63, 3.8) is 0 Å². The van der Waals surface area contributed by atoms with Crippen LogP contribution in [0.1, 0.15) is 32.8 Å². The lowest BCUT2D eigenvalue weighted by Crippen LogP contribution is -2.05. The van der Waals surface area contributed by atoms with Crippen LogP contribution >= 0.6 is 0 Å². The van der Waals surface area contributed by atoms with E-state index in [0.29, 0.717) is 6.61 Å². The molecular formula is C12H20N2O. The third-order valence-electron chi connectivity index (χ3n) is 1.96. The van der Waals surface area contributed by atoms with Gasteiger partial charge in [-0.05, 0) is 38.0 Å². The number of hydrogen-bond donors (Lipinski definition) is 1. The van der Waals surface area contributed by atoms with E-state index in [-0.39, 0.29) is 6.10 Å². The van der Waals surface area contributed by atoms with Crippen LogP contribution in [0.4, 0.5) is 5.82 Å². The molecule has 0 amide bonds. The van der Waals surface area contributed by atoms with Gasteiger partial charge in [0.25, 0.3) is 0 Å². The molecule has 0 bridgehead atoms. The first-order chi connectivity index (χ1) is 7.22. The molecule has 0 saturated carbocycles. The minimum Gasteiger partial charge on any atom is -0.374 e. The molecule has 0 aliphatic carbocycles. The predicted molar refractivity (Wildman–Crippen MR) is 62.9 cm³/mol. The molecule has 0 unspecified atom stereocenters. The minimum absolute atomic E-state index is 0.269. The molecule has 0 atom stereocenters. The smallest absolute Gasteiger partial charge is 0.126 e. The fourth-order valence-corrected chi connectivity index (χ4v) is 1.18. The summed E-state index contributed by atoms with van der Waals surface area (Å²) in [5, 5.41) is 3.26. The zero-order valence-electron chi connectivity index (χ0n) is 9.79. The number of nitrogens with zero attached hydrogens (tertiary/aromatic N) is 1. The SMILES string of the molecule is CCCNc1cc(COC(C)C)ccn1. The molecule has 0 aliphatic rings. The van der Waals surface area contributed by atoms with Gasteiger partial charge in [-0.25, -0.2) is 4.98 Å². The maximum Gasteiger partial charge on any atom is 0.126 e. The molecule has 0 fully saturated rings. The van der Waals surface area contributed by atoms with Crippen molar-refractivity contribution in [2.24, 2.45) is 0 Å². The van der Waals surface area contributed by atoms with Gasteiger partial charge in [-0.15, -0.1) is 0 Å². The summed E-state index contributed by atoms with van der Waals surface area (Å²) in [5.74, 6) is 0.932. The summed E-state index contributed by atoms with van der Waals surface area (Å²) in [4.78, 5) is 4.24. The van der Waals surface area contributed by atoms with Crippen LogP contribution in [0, 0.1) is 0 Å². The van der Waals surface area contributed by atoms with Gasteiger partial charge in [-0.2, -0.15) is 0 Å². The molecule has 3 heteroatoms. The van der Waals surface area contributed by atoms with E-state index in [1.807, 2.05) is 32.2 Å². The van der Waals surface area contributed by atoms with Gasteiger partial charge in [0, 0.05) is 12.7 Å². The van der Waals surface area contributed by atoms with E-state index in [1.165, 1.54) is 0 Å². The third kappa shape index (κ3) is 4.79. The van der Waals surface area contributed by atoms with E-state index in [4.69, 9.17) is 4.74 Å². The number of aromatic nitrogens is 1. The van der Waals surface area contributed by atoms with Crippen molar-refractivity contribution >= 4 is 5.82 Å². The summed E-state index contributed by atoms with van der Waals surface area (Å²) < 4.78 is 5.53. The van der Waals surface area contributed by atoms with E-state index in [9.17, 15) is 0 Å². The Hall–Kier alpha value is -1.09. The molecule has 0 spiro atoms. The Morgan fingerprint density at radius 3 is 2.93 bits per heavy atom. The first-order valence-electron chi connectivity index (χ1n) is 5.52. The lowest BCUT2D eigenvalue weighted by Gasteiger charge is -2.09. The molecule has 1 N–H and O–H groups in total. The lowest BCUT2D eigenvalue weighted by atomic mass is 10.2. The van der Waals surface area contributed by atoms with Gasteiger partial charge in [0.05, 0.1) is 12.7 Å². The largest absolute Gasteiger partial charge is 0.374 e. The molecule has 1 rings (SSSR count). The van der Waals surface area contributed by atoms with Gasteiger partial charge in [0.2, 0.25) is 0 Å². The van der Waals surface area contributed by atoms with Crippen molar-refractivity contribution in [3.05, 3.63) is 23.9 Å². The molecule has 0 aromatic carbocycles. The van der Waals surface area contributed by atoms with Crippen LogP contribution in [-0.4, -0.2) is 17.6 Å². The summed E-state index contributed by atoms with van der Waals surface area (Å²) in [6.45, 7) is 7.83. The van der Waals surface area contributed by atoms with E-state index < -0.39 is 0 Å². The van der Waals surface area contributed by atoms with Crippen molar-refractivity contribution in [1.29, 1.82) is 0 Å². The molecule has 1 heterocycles. The average molecular weight is 208 g/mol. The number of nitrogens with one attached hydrogen (secondary N) is 1. The van der Waals surface area contributed by atoms with Gasteiger partial charge >= 0.3 is 0 Å². The second-order valence-electron chi connectivity index (χ2n) is 3.84. The number of ether oxygens (including phenoxy) is 1. The number of pyridine rings is 1. The van der Waals surface area contributed by atoms with Crippen LogP contribution in [-0.2, 0) is 11.3 Å². The molecule has 1 aromatic heterocycles. The van der Waals surface area contributed by atoms with Crippen LogP contribution in [0.25, 0.3) is 0 Å². The fraction of sp³-hybridized carbons (Fsp3) is 0.583. The molecule has 0 radical (unpaired) electrons. The van der Waals surface area contributed by atoms with Gasteiger partial charge in [-0.3, -0.25) is 0 Å². The molecule has 3 nitrogen and oxygen atoms in total. The van der Waals surface area contributed by atoms with Gasteiger partial charge in [0.15, 0.2) is 0 Å². The van der Waals surface area contributed by atoms with Gasteiger partial charge < -0.3 is 10.1 Å². The van der Waals surface area contributed by atoms with Crippen LogP contribution in [0.3, 0.4) is 0 Å². The quantitative estimate of drug-likeness (QED) is 0.780. The van der Waals surface area contributed by atoms with Crippen LogP contribution in [0.5, 0.6) is 0 Å². The van der Waals surface area contributed by atoms with Crippen molar-refractivity contribution in [1.82, 2.24) is 4.98 Å². The average Bonchev–Trinajstić information content (AvgIpc) is 2.24. The fourth-order valence-electron chi connectivity index (χ4n) is 1.18. The summed E-state index contributed by atoms with van der Waals surface area (Å²) >= 11 is 0. The Morgan fingerprint density at radius 1 is 1.47 bits per heavy atom. The maximum atomic E-state index is 5.53. The maximum absolute atomic E-state index is 5.53. The monoisotopic (exact) mass is 208 g/mol. The first-order valence-corrected chi connectivity index (χ1v) is 5.52. The highest BCUT2D eigenvalue weighted by Gasteiger charge is 1.98. The zero-order valence-corrected chi connectivity index (χ0v) is 9.79. The third-order valence-corrected chi connectivity index (χ3v) is 1.96. The second-order valence-corrected chi connectivity index (χ2v) is 3.84. The number of hydrogen-bond acceptors (Lipinski definition) is 3. The Bertz CT molecular complexity index is 287. The topological polar surface area (TPSA) is 34.1 Å². The van der Waals surface area contributed by atoms with Crippen LogP contribution in [0.2, 0.25) is 0 Å². The molecular weight excluding hydrogens is 188 g/mol. The zero-order chi connectivity index (χ0) is 11.1. The lowest BCUT2D eigenvalue weighted by molar-refractivity contribution is 0.0657. The molecule has 0 saturated heterocycles. The standard InChI is InChI=1S/C12H20N2O/c1-4-6-13-12-8-11(5-7-14-12)9-15-10(2)3/h5,7-8,10H,4,6,9H2,1-3H3,(H,13,14). The van der Waals surface area contributed by atoms with Crippen LogP contribution in [0.15, 0.2) is 18.3 Å². The molecule has 1 aromatic rings. The second kappa shape index (κ2) is 6.40. The summed E-state index contributed by atoms with van der Waals surface area (Å²) in [7, 11) is 0. The van der Waals surface area contributed by atoms with Crippen molar-refractivity contribution in [2.75, 3.05) is 11.9 Å². The number of rotatable bonds is 6. The van der Waals surface area contributed by atoms with Crippen molar-refractivity contribution in [3.8, 4) is 0 Å². The van der Waals surface area contributed by atoms with Crippen LogP contribution < -0.4 is 5.32 Å². The Morgan fingerprint density at radius 2 is 2.27 bits per heavy atom. The predicted octanol–water partition coefficient (Wildman–Crippen LogP) is 2.83. The highest BCUT2D eigenvalue weighted by Crippen LogP contribution is 2.08. The first kappa shape index (κ1) is 12.0. The normalized spacial score (nSPS) is 10.7.